The molecule has 1 fully saturated rings. The number of ketones is 1. The molecule has 2 atom stereocenters. The normalized spacial score (nSPS) is 24.3. The van der Waals surface area contributed by atoms with E-state index in [9.17, 15) is 9.59 Å². The standard InChI is InChI=1S/C17H22O4/c1-12(18)20-15-9-10-17(2,3)21-16(15)11-14(19)13-7-5-4-6-8-13/h4-8,15-16H,9-11H2,1-3H3/t15-,16+/m0/s1. The van der Waals surface area contributed by atoms with Gasteiger partial charge in [-0.3, -0.25) is 9.59 Å². The second kappa shape index (κ2) is 6.39. The molecule has 21 heavy (non-hydrogen) atoms. The summed E-state index contributed by atoms with van der Waals surface area (Å²) >= 11 is 0. The van der Waals surface area contributed by atoms with Crippen LogP contribution in [0, 0.1) is 0 Å². The van der Waals surface area contributed by atoms with Gasteiger partial charge in [0.05, 0.1) is 5.60 Å². The highest BCUT2D eigenvalue weighted by Crippen LogP contribution is 2.32. The molecule has 0 amide bonds. The molecular formula is C17H22O4. The van der Waals surface area contributed by atoms with Gasteiger partial charge < -0.3 is 9.47 Å². The SMILES string of the molecule is CC(=O)O[C@H]1CCC(C)(C)O[C@@H]1CC(=O)c1ccccc1. The van der Waals surface area contributed by atoms with Gasteiger partial charge in [0, 0.05) is 18.9 Å². The molecule has 0 aliphatic carbocycles. The van der Waals surface area contributed by atoms with Crippen LogP contribution in [0.4, 0.5) is 0 Å². The van der Waals surface area contributed by atoms with Gasteiger partial charge in [-0.25, -0.2) is 0 Å². The summed E-state index contributed by atoms with van der Waals surface area (Å²) in [6.45, 7) is 5.38. The first kappa shape index (κ1) is 15.7. The van der Waals surface area contributed by atoms with Crippen LogP contribution < -0.4 is 0 Å². The highest BCUT2D eigenvalue weighted by Gasteiger charge is 2.38. The first-order valence-corrected chi connectivity index (χ1v) is 7.31. The average Bonchev–Trinajstić information content (AvgIpc) is 2.42. The van der Waals surface area contributed by atoms with E-state index >= 15 is 0 Å². The molecule has 1 saturated heterocycles. The first-order chi connectivity index (χ1) is 9.87. The Labute approximate surface area is 125 Å². The third-order valence-electron chi connectivity index (χ3n) is 3.72. The van der Waals surface area contributed by atoms with Crippen LogP contribution in [0.1, 0.15) is 50.4 Å². The molecule has 2 rings (SSSR count). The van der Waals surface area contributed by atoms with Gasteiger partial charge in [-0.2, -0.15) is 0 Å². The van der Waals surface area contributed by atoms with E-state index in [4.69, 9.17) is 9.47 Å². The van der Waals surface area contributed by atoms with Crippen LogP contribution in [-0.4, -0.2) is 29.6 Å². The highest BCUT2D eigenvalue weighted by molar-refractivity contribution is 5.96. The van der Waals surface area contributed by atoms with Gasteiger partial charge in [0.25, 0.3) is 0 Å². The number of carbonyl (C=O) groups excluding carboxylic acids is 2. The van der Waals surface area contributed by atoms with Crippen LogP contribution in [0.15, 0.2) is 30.3 Å². The van der Waals surface area contributed by atoms with Crippen molar-refractivity contribution >= 4 is 11.8 Å². The topological polar surface area (TPSA) is 52.6 Å². The van der Waals surface area contributed by atoms with Crippen molar-refractivity contribution in [1.82, 2.24) is 0 Å². The number of hydrogen-bond donors (Lipinski definition) is 0. The summed E-state index contributed by atoms with van der Waals surface area (Å²) in [5.41, 5.74) is 0.365. The Kier molecular flexibility index (Phi) is 4.78. The van der Waals surface area contributed by atoms with E-state index in [1.807, 2.05) is 32.0 Å². The van der Waals surface area contributed by atoms with Gasteiger partial charge in [0.15, 0.2) is 5.78 Å². The minimum absolute atomic E-state index is 0.00968. The fraction of sp³-hybridized carbons (Fsp3) is 0.529. The summed E-state index contributed by atoms with van der Waals surface area (Å²) in [5, 5.41) is 0. The van der Waals surface area contributed by atoms with Crippen molar-refractivity contribution in [2.45, 2.75) is 57.8 Å². The van der Waals surface area contributed by atoms with Crippen molar-refractivity contribution in [2.24, 2.45) is 0 Å². The van der Waals surface area contributed by atoms with Crippen molar-refractivity contribution in [2.75, 3.05) is 0 Å². The molecule has 4 heteroatoms. The highest BCUT2D eigenvalue weighted by atomic mass is 16.6. The van der Waals surface area contributed by atoms with Crippen molar-refractivity contribution in [3.8, 4) is 0 Å². The quantitative estimate of drug-likeness (QED) is 0.631. The molecule has 114 valence electrons. The Balaban J connectivity index is 2.09. The van der Waals surface area contributed by atoms with Gasteiger partial charge in [0.2, 0.25) is 0 Å². The van der Waals surface area contributed by atoms with Crippen LogP contribution in [0.25, 0.3) is 0 Å². The second-order valence-electron chi connectivity index (χ2n) is 6.10. The molecule has 1 aromatic carbocycles. The molecular weight excluding hydrogens is 268 g/mol. The Morgan fingerprint density at radius 3 is 2.57 bits per heavy atom. The van der Waals surface area contributed by atoms with Crippen LogP contribution in [0.3, 0.4) is 0 Å². The molecule has 1 aromatic rings. The third kappa shape index (κ3) is 4.39. The van der Waals surface area contributed by atoms with Crippen LogP contribution in [-0.2, 0) is 14.3 Å². The molecule has 1 aliphatic rings. The van der Waals surface area contributed by atoms with Crippen LogP contribution in [0.2, 0.25) is 0 Å². The van der Waals surface area contributed by atoms with Crippen molar-refractivity contribution in [3.63, 3.8) is 0 Å². The van der Waals surface area contributed by atoms with Crippen LogP contribution >= 0.6 is 0 Å². The fourth-order valence-electron chi connectivity index (χ4n) is 2.67. The molecule has 0 radical (unpaired) electrons. The predicted octanol–water partition coefficient (Wildman–Crippen LogP) is 3.15. The molecule has 0 spiro atoms. The maximum absolute atomic E-state index is 12.3. The van der Waals surface area contributed by atoms with Gasteiger partial charge in [-0.1, -0.05) is 30.3 Å². The summed E-state index contributed by atoms with van der Waals surface area (Å²) in [6, 6.07) is 9.12. The Hall–Kier alpha value is -1.68. The smallest absolute Gasteiger partial charge is 0.302 e. The molecule has 0 saturated carbocycles. The Morgan fingerprint density at radius 1 is 1.29 bits per heavy atom. The number of hydrogen-bond acceptors (Lipinski definition) is 4. The largest absolute Gasteiger partial charge is 0.460 e. The number of Topliss-reactive ketones (excluding diaryl/α,β-unsaturated/α-hetero) is 1. The van der Waals surface area contributed by atoms with Gasteiger partial charge in [-0.15, -0.1) is 0 Å². The van der Waals surface area contributed by atoms with Gasteiger partial charge >= 0.3 is 5.97 Å². The summed E-state index contributed by atoms with van der Waals surface area (Å²) in [6.07, 6.45) is 1.03. The van der Waals surface area contributed by atoms with Crippen molar-refractivity contribution in [1.29, 1.82) is 0 Å². The first-order valence-electron chi connectivity index (χ1n) is 7.31. The zero-order valence-corrected chi connectivity index (χ0v) is 12.8. The second-order valence-corrected chi connectivity index (χ2v) is 6.10. The van der Waals surface area contributed by atoms with E-state index in [0.717, 1.165) is 12.8 Å². The monoisotopic (exact) mass is 290 g/mol. The number of carbonyl (C=O) groups is 2. The zero-order valence-electron chi connectivity index (χ0n) is 12.8. The molecule has 0 bridgehead atoms. The Morgan fingerprint density at radius 2 is 1.95 bits per heavy atom. The lowest BCUT2D eigenvalue weighted by atomic mass is 9.90. The number of esters is 1. The molecule has 0 unspecified atom stereocenters. The minimum atomic E-state index is -0.384. The molecule has 4 nitrogen and oxygen atoms in total. The van der Waals surface area contributed by atoms with E-state index in [-0.39, 0.29) is 36.0 Å². The predicted molar refractivity (Wildman–Crippen MR) is 79.1 cm³/mol. The van der Waals surface area contributed by atoms with E-state index in [1.165, 1.54) is 6.92 Å². The van der Waals surface area contributed by atoms with Gasteiger partial charge in [0.1, 0.15) is 12.2 Å². The molecule has 0 N–H and O–H groups in total. The third-order valence-corrected chi connectivity index (χ3v) is 3.72. The van der Waals surface area contributed by atoms with E-state index in [0.29, 0.717) is 5.56 Å². The van der Waals surface area contributed by atoms with Crippen molar-refractivity contribution < 1.29 is 19.1 Å². The lowest BCUT2D eigenvalue weighted by molar-refractivity contribution is -0.185. The lowest BCUT2D eigenvalue weighted by Gasteiger charge is -2.40. The minimum Gasteiger partial charge on any atom is -0.460 e. The molecule has 1 heterocycles. The summed E-state index contributed by atoms with van der Waals surface area (Å²) in [5.74, 6) is -0.323. The fourth-order valence-corrected chi connectivity index (χ4v) is 2.67. The van der Waals surface area contributed by atoms with Crippen molar-refractivity contribution in [3.05, 3.63) is 35.9 Å². The molecule has 0 aromatic heterocycles. The number of rotatable bonds is 4. The lowest BCUT2D eigenvalue weighted by Crippen LogP contribution is -2.46. The maximum atomic E-state index is 12.3. The average molecular weight is 290 g/mol. The molecule has 1 aliphatic heterocycles. The Bertz CT molecular complexity index is 507. The van der Waals surface area contributed by atoms with Crippen LogP contribution in [0.5, 0.6) is 0 Å². The summed E-state index contributed by atoms with van der Waals surface area (Å²) in [4.78, 5) is 23.5. The zero-order chi connectivity index (χ0) is 15.5. The summed E-state index contributed by atoms with van der Waals surface area (Å²) < 4.78 is 11.3. The van der Waals surface area contributed by atoms with E-state index < -0.39 is 0 Å². The maximum Gasteiger partial charge on any atom is 0.302 e. The number of ether oxygens (including phenoxy) is 2. The van der Waals surface area contributed by atoms with E-state index in [2.05, 4.69) is 0 Å². The van der Waals surface area contributed by atoms with E-state index in [1.54, 1.807) is 12.1 Å². The number of benzene rings is 1. The summed E-state index contributed by atoms with van der Waals surface area (Å²) in [7, 11) is 0. The van der Waals surface area contributed by atoms with Gasteiger partial charge in [-0.05, 0) is 26.7 Å².